The average molecular weight is 381 g/mol. The number of rotatable bonds is 3. The van der Waals surface area contributed by atoms with Crippen LogP contribution < -0.4 is 0 Å². The van der Waals surface area contributed by atoms with Gasteiger partial charge in [0.2, 0.25) is 0 Å². The predicted molar refractivity (Wildman–Crippen MR) is 109 cm³/mol. The van der Waals surface area contributed by atoms with Crippen molar-refractivity contribution in [1.82, 2.24) is 4.90 Å². The van der Waals surface area contributed by atoms with Crippen molar-refractivity contribution in [3.63, 3.8) is 0 Å². The SMILES string of the molecule is CC(C1CCCCC1)N1C(=O)SC(=Cc2ccc(O)c3ccccc23)C1=O. The van der Waals surface area contributed by atoms with Crippen LogP contribution in [0.25, 0.3) is 16.8 Å². The largest absolute Gasteiger partial charge is 0.507 e. The minimum absolute atomic E-state index is 0.0553. The van der Waals surface area contributed by atoms with Gasteiger partial charge in [0.15, 0.2) is 0 Å². The fourth-order valence-corrected chi connectivity index (χ4v) is 5.14. The highest BCUT2D eigenvalue weighted by Gasteiger charge is 2.40. The summed E-state index contributed by atoms with van der Waals surface area (Å²) in [5, 5.41) is 11.5. The third kappa shape index (κ3) is 3.36. The highest BCUT2D eigenvalue weighted by Crippen LogP contribution is 2.39. The van der Waals surface area contributed by atoms with Crippen LogP contribution in [0.2, 0.25) is 0 Å². The first-order valence-electron chi connectivity index (χ1n) is 9.54. The molecule has 2 aromatic rings. The predicted octanol–water partition coefficient (Wildman–Crippen LogP) is 5.55. The molecule has 140 valence electrons. The molecule has 1 heterocycles. The normalized spacial score (nSPS) is 21.4. The van der Waals surface area contributed by atoms with Crippen LogP contribution >= 0.6 is 11.8 Å². The minimum atomic E-state index is -0.194. The number of imide groups is 1. The zero-order valence-corrected chi connectivity index (χ0v) is 16.2. The van der Waals surface area contributed by atoms with Crippen molar-refractivity contribution in [2.24, 2.45) is 5.92 Å². The van der Waals surface area contributed by atoms with E-state index in [1.807, 2.05) is 31.2 Å². The van der Waals surface area contributed by atoms with Gasteiger partial charge in [-0.05, 0) is 60.5 Å². The van der Waals surface area contributed by atoms with Crippen molar-refractivity contribution in [3.05, 3.63) is 46.9 Å². The van der Waals surface area contributed by atoms with Gasteiger partial charge < -0.3 is 5.11 Å². The average Bonchev–Trinajstić information content (AvgIpc) is 2.97. The van der Waals surface area contributed by atoms with Gasteiger partial charge in [-0.3, -0.25) is 14.5 Å². The van der Waals surface area contributed by atoms with Gasteiger partial charge in [0, 0.05) is 11.4 Å². The summed E-state index contributed by atoms with van der Waals surface area (Å²) in [6.07, 6.45) is 7.56. The molecule has 0 aromatic heterocycles. The minimum Gasteiger partial charge on any atom is -0.507 e. The Labute approximate surface area is 163 Å². The molecule has 0 bridgehead atoms. The van der Waals surface area contributed by atoms with E-state index in [2.05, 4.69) is 0 Å². The maximum absolute atomic E-state index is 13.0. The number of carbonyl (C=O) groups is 2. The standard InChI is InChI=1S/C22H23NO3S/c1-14(15-7-3-2-4-8-15)23-21(25)20(27-22(23)26)13-16-11-12-19(24)18-10-6-5-9-17(16)18/h5-6,9-15,24H,2-4,7-8H2,1H3. The molecule has 1 atom stereocenters. The van der Waals surface area contributed by atoms with E-state index in [0.717, 1.165) is 40.9 Å². The number of aromatic hydroxyl groups is 1. The molecular weight excluding hydrogens is 358 g/mol. The number of amides is 2. The molecule has 1 saturated heterocycles. The summed E-state index contributed by atoms with van der Waals surface area (Å²) in [5.74, 6) is 0.420. The van der Waals surface area contributed by atoms with Gasteiger partial charge >= 0.3 is 0 Å². The molecule has 1 unspecified atom stereocenters. The molecule has 2 aliphatic rings. The fraction of sp³-hybridized carbons (Fsp3) is 0.364. The Balaban J connectivity index is 1.65. The van der Waals surface area contributed by atoms with Crippen LogP contribution in [0.4, 0.5) is 4.79 Å². The Bertz CT molecular complexity index is 930. The van der Waals surface area contributed by atoms with E-state index in [1.165, 1.54) is 24.2 Å². The number of phenolic OH excluding ortho intramolecular Hbond substituents is 1. The second-order valence-electron chi connectivity index (χ2n) is 7.41. The lowest BCUT2D eigenvalue weighted by Gasteiger charge is -2.32. The summed E-state index contributed by atoms with van der Waals surface area (Å²) in [6.45, 7) is 2.01. The van der Waals surface area contributed by atoms with Gasteiger partial charge in [-0.1, -0.05) is 49.6 Å². The Morgan fingerprint density at radius 2 is 1.78 bits per heavy atom. The lowest BCUT2D eigenvalue weighted by Crippen LogP contribution is -2.42. The molecule has 1 aliphatic heterocycles. The molecule has 1 saturated carbocycles. The second kappa shape index (κ2) is 7.39. The molecule has 5 heteroatoms. The van der Waals surface area contributed by atoms with Gasteiger partial charge in [-0.2, -0.15) is 0 Å². The van der Waals surface area contributed by atoms with Gasteiger partial charge in [0.05, 0.1) is 4.91 Å². The van der Waals surface area contributed by atoms with Crippen molar-refractivity contribution in [3.8, 4) is 5.75 Å². The van der Waals surface area contributed by atoms with Crippen LogP contribution in [-0.2, 0) is 4.79 Å². The number of thioether (sulfide) groups is 1. The Hall–Kier alpha value is -2.27. The van der Waals surface area contributed by atoms with E-state index < -0.39 is 0 Å². The summed E-state index contributed by atoms with van der Waals surface area (Å²) >= 11 is 1.02. The first kappa shape index (κ1) is 18.1. The number of hydrogen-bond donors (Lipinski definition) is 1. The molecule has 0 radical (unpaired) electrons. The number of benzene rings is 2. The molecule has 2 fully saturated rings. The zero-order chi connectivity index (χ0) is 19.0. The Morgan fingerprint density at radius 3 is 2.52 bits per heavy atom. The quantitative estimate of drug-likeness (QED) is 0.708. The van der Waals surface area contributed by atoms with Crippen molar-refractivity contribution >= 4 is 39.8 Å². The van der Waals surface area contributed by atoms with Gasteiger partial charge in [-0.25, -0.2) is 0 Å². The lowest BCUT2D eigenvalue weighted by molar-refractivity contribution is -0.125. The number of hydrogen-bond acceptors (Lipinski definition) is 4. The van der Waals surface area contributed by atoms with Crippen LogP contribution in [-0.4, -0.2) is 27.2 Å². The second-order valence-corrected chi connectivity index (χ2v) is 8.40. The molecule has 27 heavy (non-hydrogen) atoms. The van der Waals surface area contributed by atoms with E-state index in [9.17, 15) is 14.7 Å². The van der Waals surface area contributed by atoms with Gasteiger partial charge in [0.1, 0.15) is 5.75 Å². The summed E-state index contributed by atoms with van der Waals surface area (Å²) < 4.78 is 0. The molecule has 2 aromatic carbocycles. The van der Waals surface area contributed by atoms with Crippen LogP contribution in [0.15, 0.2) is 41.3 Å². The number of fused-ring (bicyclic) bond motifs is 1. The third-order valence-electron chi connectivity index (χ3n) is 5.78. The number of phenols is 1. The molecule has 0 spiro atoms. The van der Waals surface area contributed by atoms with Crippen LogP contribution in [0.5, 0.6) is 5.75 Å². The van der Waals surface area contributed by atoms with E-state index in [1.54, 1.807) is 18.2 Å². The van der Waals surface area contributed by atoms with E-state index in [-0.39, 0.29) is 22.9 Å². The Kier molecular flexibility index (Phi) is 4.96. The Morgan fingerprint density at radius 1 is 1.07 bits per heavy atom. The van der Waals surface area contributed by atoms with Gasteiger partial charge in [-0.15, -0.1) is 0 Å². The van der Waals surface area contributed by atoms with Crippen molar-refractivity contribution in [2.75, 3.05) is 0 Å². The lowest BCUT2D eigenvalue weighted by atomic mass is 9.84. The third-order valence-corrected chi connectivity index (χ3v) is 6.67. The molecule has 1 aliphatic carbocycles. The van der Waals surface area contributed by atoms with Crippen molar-refractivity contribution < 1.29 is 14.7 Å². The molecule has 2 amide bonds. The van der Waals surface area contributed by atoms with Crippen LogP contribution in [0, 0.1) is 5.92 Å². The highest BCUT2D eigenvalue weighted by atomic mass is 32.2. The maximum atomic E-state index is 13.0. The monoisotopic (exact) mass is 381 g/mol. The van der Waals surface area contributed by atoms with Crippen LogP contribution in [0.3, 0.4) is 0 Å². The van der Waals surface area contributed by atoms with Gasteiger partial charge in [0.25, 0.3) is 11.1 Å². The van der Waals surface area contributed by atoms with Crippen molar-refractivity contribution in [2.45, 2.75) is 45.1 Å². The zero-order valence-electron chi connectivity index (χ0n) is 15.4. The molecule has 4 nitrogen and oxygen atoms in total. The summed E-state index contributed by atoms with van der Waals surface area (Å²) in [4.78, 5) is 27.5. The summed E-state index contributed by atoms with van der Waals surface area (Å²) in [7, 11) is 0. The molecule has 1 N–H and O–H groups in total. The first-order chi connectivity index (χ1) is 13.1. The maximum Gasteiger partial charge on any atom is 0.293 e. The molecular formula is C22H23NO3S. The van der Waals surface area contributed by atoms with Crippen LogP contribution in [0.1, 0.15) is 44.6 Å². The topological polar surface area (TPSA) is 57.6 Å². The molecule has 4 rings (SSSR count). The van der Waals surface area contributed by atoms with E-state index >= 15 is 0 Å². The van der Waals surface area contributed by atoms with E-state index in [0.29, 0.717) is 10.8 Å². The fourth-order valence-electron chi connectivity index (χ4n) is 4.23. The number of nitrogens with zero attached hydrogens (tertiary/aromatic N) is 1. The highest BCUT2D eigenvalue weighted by molar-refractivity contribution is 8.18. The first-order valence-corrected chi connectivity index (χ1v) is 10.4. The summed E-state index contributed by atoms with van der Waals surface area (Å²) in [6, 6.07) is 10.9. The smallest absolute Gasteiger partial charge is 0.293 e. The van der Waals surface area contributed by atoms with Crippen molar-refractivity contribution in [1.29, 1.82) is 0 Å². The number of carbonyl (C=O) groups excluding carboxylic acids is 2. The van der Waals surface area contributed by atoms with E-state index in [4.69, 9.17) is 0 Å². The summed E-state index contributed by atoms with van der Waals surface area (Å²) in [5.41, 5.74) is 0.833.